The van der Waals surface area contributed by atoms with Gasteiger partial charge in [0.1, 0.15) is 5.82 Å². The van der Waals surface area contributed by atoms with Crippen LogP contribution in [0.1, 0.15) is 32.3 Å². The third kappa shape index (κ3) is 4.26. The summed E-state index contributed by atoms with van der Waals surface area (Å²) in [5.74, 6) is -0.166. The topological polar surface area (TPSA) is 15.3 Å². The lowest BCUT2D eigenvalue weighted by molar-refractivity contribution is 0.193. The van der Waals surface area contributed by atoms with Gasteiger partial charge >= 0.3 is 0 Å². The molecular formula is C15H22BrFN2. The van der Waals surface area contributed by atoms with Crippen LogP contribution >= 0.6 is 15.9 Å². The van der Waals surface area contributed by atoms with Crippen LogP contribution in [0.5, 0.6) is 0 Å². The van der Waals surface area contributed by atoms with Crippen molar-refractivity contribution >= 4 is 15.9 Å². The molecule has 1 saturated heterocycles. The Labute approximate surface area is 123 Å². The van der Waals surface area contributed by atoms with Gasteiger partial charge < -0.3 is 5.32 Å². The van der Waals surface area contributed by atoms with Crippen LogP contribution in [0.25, 0.3) is 0 Å². The van der Waals surface area contributed by atoms with Crippen molar-refractivity contribution in [1.29, 1.82) is 0 Å². The molecule has 19 heavy (non-hydrogen) atoms. The molecule has 0 aliphatic carbocycles. The number of halogens is 2. The van der Waals surface area contributed by atoms with Crippen LogP contribution in [0.15, 0.2) is 22.7 Å². The molecule has 106 valence electrons. The molecule has 0 saturated carbocycles. The van der Waals surface area contributed by atoms with E-state index < -0.39 is 0 Å². The van der Waals surface area contributed by atoms with Crippen molar-refractivity contribution in [3.63, 3.8) is 0 Å². The summed E-state index contributed by atoms with van der Waals surface area (Å²) in [6.45, 7) is 7.33. The molecule has 2 nitrogen and oxygen atoms in total. The van der Waals surface area contributed by atoms with Gasteiger partial charge in [-0.15, -0.1) is 0 Å². The smallest absolute Gasteiger partial charge is 0.123 e. The van der Waals surface area contributed by atoms with Crippen molar-refractivity contribution < 1.29 is 4.39 Å². The fourth-order valence-corrected chi connectivity index (χ4v) is 2.91. The first kappa shape index (κ1) is 14.9. The van der Waals surface area contributed by atoms with Crippen LogP contribution in [0.2, 0.25) is 0 Å². The SMILES string of the molecule is CC(C)N(Cc1cc(F)ccc1Br)CC1CCCN1. The number of hydrogen-bond donors (Lipinski definition) is 1. The average molecular weight is 329 g/mol. The maximum Gasteiger partial charge on any atom is 0.123 e. The number of hydrogen-bond acceptors (Lipinski definition) is 2. The van der Waals surface area contributed by atoms with Crippen molar-refractivity contribution in [3.05, 3.63) is 34.1 Å². The number of benzene rings is 1. The summed E-state index contributed by atoms with van der Waals surface area (Å²) in [4.78, 5) is 2.41. The summed E-state index contributed by atoms with van der Waals surface area (Å²) in [7, 11) is 0. The van der Waals surface area contributed by atoms with Crippen molar-refractivity contribution in [1.82, 2.24) is 10.2 Å². The molecule has 1 unspecified atom stereocenters. The summed E-state index contributed by atoms with van der Waals surface area (Å²) in [6, 6.07) is 5.94. The van der Waals surface area contributed by atoms with Crippen molar-refractivity contribution in [2.75, 3.05) is 13.1 Å². The molecular weight excluding hydrogens is 307 g/mol. The summed E-state index contributed by atoms with van der Waals surface area (Å²) in [5.41, 5.74) is 1.02. The minimum atomic E-state index is -0.166. The van der Waals surface area contributed by atoms with E-state index in [2.05, 4.69) is 40.0 Å². The minimum Gasteiger partial charge on any atom is -0.313 e. The zero-order valence-corrected chi connectivity index (χ0v) is 13.2. The fourth-order valence-electron chi connectivity index (χ4n) is 2.54. The van der Waals surface area contributed by atoms with Crippen LogP contribution in [0.3, 0.4) is 0 Å². The Hall–Kier alpha value is -0.450. The molecule has 0 amide bonds. The lowest BCUT2D eigenvalue weighted by Crippen LogP contribution is -2.40. The van der Waals surface area contributed by atoms with E-state index in [0.717, 1.165) is 29.7 Å². The molecule has 1 aliphatic rings. The van der Waals surface area contributed by atoms with Gasteiger partial charge in [-0.2, -0.15) is 0 Å². The molecule has 0 spiro atoms. The third-order valence-corrected chi connectivity index (χ3v) is 4.50. The van der Waals surface area contributed by atoms with E-state index >= 15 is 0 Å². The predicted octanol–water partition coefficient (Wildman–Crippen LogP) is 3.55. The Morgan fingerprint density at radius 2 is 2.26 bits per heavy atom. The first-order valence-electron chi connectivity index (χ1n) is 6.97. The minimum absolute atomic E-state index is 0.166. The molecule has 1 fully saturated rings. The van der Waals surface area contributed by atoms with E-state index in [-0.39, 0.29) is 5.82 Å². The standard InChI is InChI=1S/C15H22BrFN2/c1-11(2)19(10-14-4-3-7-18-14)9-12-8-13(17)5-6-15(12)16/h5-6,8,11,14,18H,3-4,7,9-10H2,1-2H3. The maximum atomic E-state index is 13.4. The number of nitrogens with zero attached hydrogens (tertiary/aromatic N) is 1. The molecule has 0 bridgehead atoms. The van der Waals surface area contributed by atoms with Crippen molar-refractivity contribution in [2.24, 2.45) is 0 Å². The Morgan fingerprint density at radius 1 is 1.47 bits per heavy atom. The second kappa shape index (κ2) is 6.82. The summed E-state index contributed by atoms with van der Waals surface area (Å²) < 4.78 is 14.3. The van der Waals surface area contributed by atoms with Crippen molar-refractivity contribution in [2.45, 2.75) is 45.3 Å². The first-order chi connectivity index (χ1) is 9.06. The Kier molecular flexibility index (Phi) is 5.37. The van der Waals surface area contributed by atoms with Gasteiger partial charge in [0.15, 0.2) is 0 Å². The lowest BCUT2D eigenvalue weighted by atomic mass is 10.1. The number of rotatable bonds is 5. The molecule has 1 aliphatic heterocycles. The molecule has 1 aromatic rings. The fraction of sp³-hybridized carbons (Fsp3) is 0.600. The van der Waals surface area contributed by atoms with E-state index in [9.17, 15) is 4.39 Å². The van der Waals surface area contributed by atoms with Crippen LogP contribution < -0.4 is 5.32 Å². The monoisotopic (exact) mass is 328 g/mol. The number of nitrogens with one attached hydrogen (secondary N) is 1. The van der Waals surface area contributed by atoms with Gasteiger partial charge in [-0.05, 0) is 57.0 Å². The van der Waals surface area contributed by atoms with Gasteiger partial charge in [0.05, 0.1) is 0 Å². The molecule has 4 heteroatoms. The second-order valence-corrected chi connectivity index (χ2v) is 6.41. The third-order valence-electron chi connectivity index (χ3n) is 3.73. The summed E-state index contributed by atoms with van der Waals surface area (Å²) >= 11 is 3.51. The second-order valence-electron chi connectivity index (χ2n) is 5.55. The molecule has 1 atom stereocenters. The summed E-state index contributed by atoms with van der Waals surface area (Å²) in [5, 5.41) is 3.53. The van der Waals surface area contributed by atoms with E-state index in [0.29, 0.717) is 12.1 Å². The van der Waals surface area contributed by atoms with Gasteiger partial charge in [-0.3, -0.25) is 4.90 Å². The van der Waals surface area contributed by atoms with Crippen LogP contribution in [0.4, 0.5) is 4.39 Å². The van der Waals surface area contributed by atoms with E-state index in [1.807, 2.05) is 0 Å². The average Bonchev–Trinajstić information content (AvgIpc) is 2.85. The highest BCUT2D eigenvalue weighted by Gasteiger charge is 2.20. The first-order valence-corrected chi connectivity index (χ1v) is 7.77. The Bertz CT molecular complexity index is 417. The maximum absolute atomic E-state index is 13.4. The van der Waals surface area contributed by atoms with Crippen LogP contribution in [-0.2, 0) is 6.54 Å². The van der Waals surface area contributed by atoms with Crippen LogP contribution in [-0.4, -0.2) is 30.1 Å². The highest BCUT2D eigenvalue weighted by Crippen LogP contribution is 2.21. The molecule has 0 aromatic heterocycles. The van der Waals surface area contributed by atoms with Gasteiger partial charge in [-0.25, -0.2) is 4.39 Å². The van der Waals surface area contributed by atoms with E-state index in [1.165, 1.54) is 18.9 Å². The Morgan fingerprint density at radius 3 is 2.89 bits per heavy atom. The zero-order valence-electron chi connectivity index (χ0n) is 11.6. The highest BCUT2D eigenvalue weighted by atomic mass is 79.9. The molecule has 2 rings (SSSR count). The zero-order chi connectivity index (χ0) is 13.8. The lowest BCUT2D eigenvalue weighted by Gasteiger charge is -2.29. The van der Waals surface area contributed by atoms with Crippen molar-refractivity contribution in [3.8, 4) is 0 Å². The predicted molar refractivity (Wildman–Crippen MR) is 80.7 cm³/mol. The van der Waals surface area contributed by atoms with E-state index in [4.69, 9.17) is 0 Å². The highest BCUT2D eigenvalue weighted by molar-refractivity contribution is 9.10. The molecule has 1 heterocycles. The van der Waals surface area contributed by atoms with Gasteiger partial charge in [0.2, 0.25) is 0 Å². The largest absolute Gasteiger partial charge is 0.313 e. The quantitative estimate of drug-likeness (QED) is 0.889. The molecule has 1 aromatic carbocycles. The molecule has 1 N–H and O–H groups in total. The van der Waals surface area contributed by atoms with Crippen LogP contribution in [0, 0.1) is 5.82 Å². The van der Waals surface area contributed by atoms with Gasteiger partial charge in [0.25, 0.3) is 0 Å². The Balaban J connectivity index is 2.04. The normalized spacial score (nSPS) is 19.6. The van der Waals surface area contributed by atoms with Gasteiger partial charge in [0, 0.05) is 29.6 Å². The molecule has 0 radical (unpaired) electrons. The summed E-state index contributed by atoms with van der Waals surface area (Å²) in [6.07, 6.45) is 2.51. The van der Waals surface area contributed by atoms with E-state index in [1.54, 1.807) is 12.1 Å². The van der Waals surface area contributed by atoms with Gasteiger partial charge in [-0.1, -0.05) is 15.9 Å².